The number of rotatable bonds is 5. The molecule has 18 heavy (non-hydrogen) atoms. The summed E-state index contributed by atoms with van der Waals surface area (Å²) in [5.74, 6) is -0.155. The van der Waals surface area contributed by atoms with Gasteiger partial charge in [-0.1, -0.05) is 18.6 Å². The molecule has 0 bridgehead atoms. The molecule has 1 aromatic rings. The van der Waals surface area contributed by atoms with Crippen molar-refractivity contribution in [1.29, 1.82) is 0 Å². The first-order chi connectivity index (χ1) is 8.79. The second-order valence-electron chi connectivity index (χ2n) is 4.93. The van der Waals surface area contributed by atoms with E-state index in [1.807, 2.05) is 19.2 Å². The highest BCUT2D eigenvalue weighted by Gasteiger charge is 2.21. The number of nitrogens with one attached hydrogen (secondary N) is 1. The Balaban J connectivity index is 1.85. The van der Waals surface area contributed by atoms with Crippen molar-refractivity contribution >= 4 is 0 Å². The molecule has 0 aromatic heterocycles. The van der Waals surface area contributed by atoms with Crippen LogP contribution in [0.3, 0.4) is 0 Å². The summed E-state index contributed by atoms with van der Waals surface area (Å²) in [7, 11) is 1.97. The van der Waals surface area contributed by atoms with Crippen LogP contribution in [0.5, 0.6) is 0 Å². The summed E-state index contributed by atoms with van der Waals surface area (Å²) >= 11 is 0. The van der Waals surface area contributed by atoms with Crippen LogP contribution >= 0.6 is 0 Å². The van der Waals surface area contributed by atoms with Crippen LogP contribution in [0, 0.1) is 12.4 Å². The molecular weight excluding hydrogens is 227 g/mol. The molecule has 1 N–H and O–H groups in total. The highest BCUT2D eigenvalue weighted by Crippen LogP contribution is 2.18. The molecule has 2 rings (SSSR count). The van der Waals surface area contributed by atoms with Crippen LogP contribution in [-0.4, -0.2) is 31.1 Å². The first-order valence-corrected chi connectivity index (χ1v) is 6.78. The van der Waals surface area contributed by atoms with Gasteiger partial charge in [0.15, 0.2) is 0 Å². The van der Waals surface area contributed by atoms with E-state index >= 15 is 0 Å². The lowest BCUT2D eigenvalue weighted by Gasteiger charge is -2.35. The van der Waals surface area contributed by atoms with Gasteiger partial charge in [-0.05, 0) is 50.6 Å². The zero-order valence-corrected chi connectivity index (χ0v) is 11.0. The summed E-state index contributed by atoms with van der Waals surface area (Å²) in [4.78, 5) is 2.52. The van der Waals surface area contributed by atoms with E-state index < -0.39 is 0 Å². The average Bonchev–Trinajstić information content (AvgIpc) is 2.40. The smallest absolute Gasteiger partial charge is 0.123 e. The number of halogens is 1. The molecule has 0 amide bonds. The normalized spacial score (nSPS) is 21.1. The number of hydrogen-bond donors (Lipinski definition) is 1. The van der Waals surface area contributed by atoms with Crippen molar-refractivity contribution in [2.24, 2.45) is 0 Å². The predicted octanol–water partition coefficient (Wildman–Crippen LogP) is 2.60. The molecule has 2 nitrogen and oxygen atoms in total. The van der Waals surface area contributed by atoms with Gasteiger partial charge in [-0.15, -0.1) is 0 Å². The Bertz CT molecular complexity index is 348. The Morgan fingerprint density at radius 1 is 1.33 bits per heavy atom. The van der Waals surface area contributed by atoms with Crippen LogP contribution in [0.15, 0.2) is 24.3 Å². The van der Waals surface area contributed by atoms with Crippen molar-refractivity contribution in [2.75, 3.05) is 20.1 Å². The van der Waals surface area contributed by atoms with Gasteiger partial charge in [-0.3, -0.25) is 4.90 Å². The molecule has 1 unspecified atom stereocenters. The monoisotopic (exact) mass is 249 g/mol. The van der Waals surface area contributed by atoms with Gasteiger partial charge in [0.25, 0.3) is 0 Å². The summed E-state index contributed by atoms with van der Waals surface area (Å²) in [6, 6.07) is 7.40. The molecule has 1 aliphatic rings. The van der Waals surface area contributed by atoms with Gasteiger partial charge >= 0.3 is 0 Å². The van der Waals surface area contributed by atoms with E-state index in [1.54, 1.807) is 12.1 Å². The van der Waals surface area contributed by atoms with E-state index in [9.17, 15) is 4.39 Å². The van der Waals surface area contributed by atoms with E-state index in [4.69, 9.17) is 0 Å². The molecule has 0 saturated carbocycles. The van der Waals surface area contributed by atoms with Crippen molar-refractivity contribution in [2.45, 2.75) is 31.7 Å². The van der Waals surface area contributed by atoms with Crippen LogP contribution in [0.25, 0.3) is 0 Å². The fourth-order valence-electron chi connectivity index (χ4n) is 2.60. The maximum atomic E-state index is 12.8. The predicted molar refractivity (Wildman–Crippen MR) is 72.7 cm³/mol. The van der Waals surface area contributed by atoms with Gasteiger partial charge in [0.05, 0.1) is 0 Å². The fraction of sp³-hybridized carbons (Fsp3) is 0.533. The number of nitrogens with zero attached hydrogens (tertiary/aromatic N) is 1. The summed E-state index contributed by atoms with van der Waals surface area (Å²) in [5.41, 5.74) is 1.21. The number of likely N-dealkylation sites (tertiary alicyclic amines) is 1. The van der Waals surface area contributed by atoms with Crippen molar-refractivity contribution < 1.29 is 4.39 Å². The number of hydrogen-bond acceptors (Lipinski definition) is 2. The first kappa shape index (κ1) is 13.5. The molecule has 1 radical (unpaired) electrons. The fourth-order valence-corrected chi connectivity index (χ4v) is 2.60. The molecule has 1 fully saturated rings. The average molecular weight is 249 g/mol. The van der Waals surface area contributed by atoms with Gasteiger partial charge in [-0.25, -0.2) is 4.39 Å². The van der Waals surface area contributed by atoms with Crippen LogP contribution < -0.4 is 5.32 Å². The molecule has 0 spiro atoms. The standard InChI is InChI=1S/C15H22FN2/c1-17-12-15-4-2-3-10-18(15)11-9-13-5-7-14(16)8-6-13/h5-8,12,15,17H,2-4,9-11H2,1H3. The Morgan fingerprint density at radius 3 is 2.83 bits per heavy atom. The minimum atomic E-state index is -0.155. The lowest BCUT2D eigenvalue weighted by Crippen LogP contribution is -2.43. The molecule has 1 aliphatic heterocycles. The Morgan fingerprint density at radius 2 is 2.11 bits per heavy atom. The van der Waals surface area contributed by atoms with Crippen LogP contribution in [-0.2, 0) is 6.42 Å². The Kier molecular flexibility index (Phi) is 5.14. The third-order valence-electron chi connectivity index (χ3n) is 3.62. The second kappa shape index (κ2) is 6.86. The van der Waals surface area contributed by atoms with Crippen LogP contribution in [0.2, 0.25) is 0 Å². The van der Waals surface area contributed by atoms with E-state index in [1.165, 1.54) is 31.4 Å². The quantitative estimate of drug-likeness (QED) is 0.863. The maximum Gasteiger partial charge on any atom is 0.123 e. The summed E-state index contributed by atoms with van der Waals surface area (Å²) in [6.07, 6.45) is 4.84. The summed E-state index contributed by atoms with van der Waals surface area (Å²) in [5, 5.41) is 3.16. The molecule has 1 atom stereocenters. The zero-order chi connectivity index (χ0) is 12.8. The van der Waals surface area contributed by atoms with Crippen molar-refractivity contribution in [1.82, 2.24) is 10.2 Å². The number of piperidine rings is 1. The zero-order valence-electron chi connectivity index (χ0n) is 11.0. The summed E-state index contributed by atoms with van der Waals surface area (Å²) < 4.78 is 12.8. The van der Waals surface area contributed by atoms with Crippen LogP contribution in [0.1, 0.15) is 24.8 Å². The minimum Gasteiger partial charge on any atom is -0.314 e. The van der Waals surface area contributed by atoms with E-state index in [0.717, 1.165) is 13.0 Å². The van der Waals surface area contributed by atoms with Crippen molar-refractivity contribution in [3.63, 3.8) is 0 Å². The third-order valence-corrected chi connectivity index (χ3v) is 3.62. The topological polar surface area (TPSA) is 15.3 Å². The molecule has 1 heterocycles. The molecule has 1 saturated heterocycles. The lowest BCUT2D eigenvalue weighted by molar-refractivity contribution is 0.166. The van der Waals surface area contributed by atoms with Gasteiger partial charge in [-0.2, -0.15) is 0 Å². The first-order valence-electron chi connectivity index (χ1n) is 6.78. The van der Waals surface area contributed by atoms with Crippen molar-refractivity contribution in [3.05, 3.63) is 42.2 Å². The molecular formula is C15H22FN2. The molecule has 3 heteroatoms. The van der Waals surface area contributed by atoms with E-state index in [2.05, 4.69) is 16.8 Å². The van der Waals surface area contributed by atoms with Gasteiger partial charge in [0.2, 0.25) is 0 Å². The molecule has 99 valence electrons. The van der Waals surface area contributed by atoms with Crippen molar-refractivity contribution in [3.8, 4) is 0 Å². The van der Waals surface area contributed by atoms with Crippen LogP contribution in [0.4, 0.5) is 4.39 Å². The van der Waals surface area contributed by atoms with E-state index in [-0.39, 0.29) is 5.82 Å². The molecule has 1 aromatic carbocycles. The van der Waals surface area contributed by atoms with Gasteiger partial charge < -0.3 is 5.32 Å². The Hall–Kier alpha value is -0.930. The SMILES string of the molecule is CN[CH]C1CCCCN1CCc1ccc(F)cc1. The highest BCUT2D eigenvalue weighted by atomic mass is 19.1. The minimum absolute atomic E-state index is 0.155. The van der Waals surface area contributed by atoms with Gasteiger partial charge in [0.1, 0.15) is 5.82 Å². The van der Waals surface area contributed by atoms with E-state index in [0.29, 0.717) is 6.04 Å². The number of benzene rings is 1. The lowest BCUT2D eigenvalue weighted by atomic mass is 10.0. The summed E-state index contributed by atoms with van der Waals surface area (Å²) in [6.45, 7) is 4.41. The Labute approximate surface area is 109 Å². The largest absolute Gasteiger partial charge is 0.314 e. The highest BCUT2D eigenvalue weighted by molar-refractivity contribution is 5.16. The molecule has 0 aliphatic carbocycles. The second-order valence-corrected chi connectivity index (χ2v) is 4.93. The third kappa shape index (κ3) is 3.79. The number of likely N-dealkylation sites (N-methyl/N-ethyl adjacent to an activating group) is 1. The maximum absolute atomic E-state index is 12.8. The van der Waals surface area contributed by atoms with Gasteiger partial charge in [0, 0.05) is 19.1 Å².